The maximum Gasteiger partial charge on any atom is 0.136 e. The Morgan fingerprint density at radius 1 is 1.50 bits per heavy atom. The highest BCUT2D eigenvalue weighted by Gasteiger charge is 2.29. The Kier molecular flexibility index (Phi) is 5.92. The fraction of sp³-hybridized carbons (Fsp3) is 0.615. The average Bonchev–Trinajstić information content (AvgIpc) is 2.27. The third-order valence-corrected chi connectivity index (χ3v) is 4.33. The summed E-state index contributed by atoms with van der Waals surface area (Å²) in [6, 6.07) is 3.55. The molecule has 0 amide bonds. The molecule has 2 atom stereocenters. The molecule has 1 aromatic rings. The molecule has 1 rings (SSSR count). The summed E-state index contributed by atoms with van der Waals surface area (Å²) in [6.07, 6.45) is 3.56. The molecule has 1 aromatic heterocycles. The number of hydrogen-bond acceptors (Lipinski definition) is 3. The molecule has 0 aliphatic carbocycles. The van der Waals surface area contributed by atoms with E-state index in [-0.39, 0.29) is 10.8 Å². The summed E-state index contributed by atoms with van der Waals surface area (Å²) in [7, 11) is 0. The Bertz CT molecular complexity index is 381. The van der Waals surface area contributed by atoms with E-state index >= 15 is 0 Å². The van der Waals surface area contributed by atoms with Crippen LogP contribution in [0.5, 0.6) is 0 Å². The van der Waals surface area contributed by atoms with Gasteiger partial charge in [0.15, 0.2) is 0 Å². The van der Waals surface area contributed by atoms with Gasteiger partial charge in [0.2, 0.25) is 0 Å². The average molecular weight is 289 g/mol. The molecule has 0 radical (unpaired) electrons. The summed E-state index contributed by atoms with van der Waals surface area (Å²) in [5.74, 6) is 0. The topological polar surface area (TPSA) is 48.0 Å². The molecule has 102 valence electrons. The van der Waals surface area contributed by atoms with Crippen molar-refractivity contribution in [1.29, 1.82) is 0 Å². The minimum atomic E-state index is -1.11. The van der Waals surface area contributed by atoms with Crippen molar-refractivity contribution in [3.05, 3.63) is 29.0 Å². The van der Waals surface area contributed by atoms with Crippen molar-refractivity contribution in [2.75, 3.05) is 0 Å². The Hall–Kier alpha value is -0.290. The molecule has 0 aromatic carbocycles. The normalized spacial score (nSPS) is 15.4. The van der Waals surface area contributed by atoms with E-state index in [4.69, 9.17) is 11.6 Å². The molecule has 0 saturated heterocycles. The maximum absolute atomic E-state index is 12.1. The van der Waals surface area contributed by atoms with E-state index in [0.717, 1.165) is 18.5 Å². The van der Waals surface area contributed by atoms with E-state index in [9.17, 15) is 4.55 Å². The van der Waals surface area contributed by atoms with Crippen LogP contribution in [0.1, 0.15) is 52.3 Å². The Morgan fingerprint density at radius 3 is 2.67 bits per heavy atom. The standard InChI is InChI=1S/C13H21ClN2OS/c1-5-6-11(16-18(17)13(2,3)4)12-9-10(14)7-8-15-12/h7-9,11,16H,5-6H2,1-4H3/t11-,18?/m0/s1. The summed E-state index contributed by atoms with van der Waals surface area (Å²) in [6.45, 7) is 7.94. The fourth-order valence-electron chi connectivity index (χ4n) is 1.47. The van der Waals surface area contributed by atoms with Gasteiger partial charge in [-0.05, 0) is 39.3 Å². The van der Waals surface area contributed by atoms with Gasteiger partial charge in [-0.1, -0.05) is 24.9 Å². The molecule has 5 heteroatoms. The SMILES string of the molecule is CCC[C@H](N[S+]([O-])C(C)(C)C)c1cc(Cl)ccn1. The number of rotatable bonds is 5. The van der Waals surface area contributed by atoms with Crippen molar-refractivity contribution >= 4 is 23.0 Å². The van der Waals surface area contributed by atoms with Gasteiger partial charge >= 0.3 is 0 Å². The van der Waals surface area contributed by atoms with Crippen LogP contribution >= 0.6 is 11.6 Å². The second kappa shape index (κ2) is 6.75. The molecule has 0 saturated carbocycles. The van der Waals surface area contributed by atoms with Crippen LogP contribution in [0.2, 0.25) is 5.02 Å². The second-order valence-electron chi connectivity index (χ2n) is 5.24. The van der Waals surface area contributed by atoms with Crippen molar-refractivity contribution in [3.8, 4) is 0 Å². The first-order valence-electron chi connectivity index (χ1n) is 6.14. The maximum atomic E-state index is 12.1. The van der Waals surface area contributed by atoms with Gasteiger partial charge in [-0.15, -0.1) is 4.72 Å². The van der Waals surface area contributed by atoms with Crippen molar-refractivity contribution in [2.24, 2.45) is 0 Å². The monoisotopic (exact) mass is 288 g/mol. The molecular weight excluding hydrogens is 268 g/mol. The van der Waals surface area contributed by atoms with Crippen LogP contribution in [0.4, 0.5) is 0 Å². The lowest BCUT2D eigenvalue weighted by molar-refractivity contribution is 0.504. The summed E-state index contributed by atoms with van der Waals surface area (Å²) in [4.78, 5) is 4.31. The number of hydrogen-bond donors (Lipinski definition) is 1. The van der Waals surface area contributed by atoms with Crippen LogP contribution in [0.25, 0.3) is 0 Å². The molecular formula is C13H21ClN2OS. The lowest BCUT2D eigenvalue weighted by atomic mass is 10.1. The van der Waals surface area contributed by atoms with Gasteiger partial charge in [-0.3, -0.25) is 4.98 Å². The minimum absolute atomic E-state index is 0.0197. The van der Waals surface area contributed by atoms with Crippen LogP contribution in [0.15, 0.2) is 18.3 Å². The lowest BCUT2D eigenvalue weighted by Gasteiger charge is -2.27. The Balaban J connectivity index is 2.83. The second-order valence-corrected chi connectivity index (χ2v) is 7.67. The van der Waals surface area contributed by atoms with Crippen LogP contribution in [-0.2, 0) is 11.4 Å². The highest BCUT2D eigenvalue weighted by Crippen LogP contribution is 2.23. The zero-order chi connectivity index (χ0) is 13.8. The van der Waals surface area contributed by atoms with Gasteiger partial charge in [0, 0.05) is 22.6 Å². The highest BCUT2D eigenvalue weighted by molar-refractivity contribution is 7.90. The number of nitrogens with one attached hydrogen (secondary N) is 1. The zero-order valence-electron chi connectivity index (χ0n) is 11.4. The van der Waals surface area contributed by atoms with E-state index in [0.29, 0.717) is 5.02 Å². The molecule has 0 spiro atoms. The van der Waals surface area contributed by atoms with Crippen LogP contribution in [-0.4, -0.2) is 14.3 Å². The number of halogens is 1. The van der Waals surface area contributed by atoms with E-state index < -0.39 is 11.4 Å². The predicted molar refractivity (Wildman–Crippen MR) is 77.9 cm³/mol. The highest BCUT2D eigenvalue weighted by atomic mass is 35.5. The molecule has 3 nitrogen and oxygen atoms in total. The van der Waals surface area contributed by atoms with Gasteiger partial charge in [0.1, 0.15) is 4.75 Å². The Labute approximate surface area is 118 Å². The summed E-state index contributed by atoms with van der Waals surface area (Å²) >= 11 is 4.86. The van der Waals surface area contributed by atoms with Crippen molar-refractivity contribution < 1.29 is 4.55 Å². The molecule has 0 bridgehead atoms. The summed E-state index contributed by atoms with van der Waals surface area (Å²) in [5, 5.41) is 0.657. The van der Waals surface area contributed by atoms with Gasteiger partial charge < -0.3 is 4.55 Å². The minimum Gasteiger partial charge on any atom is -0.598 e. The first-order chi connectivity index (χ1) is 8.34. The first kappa shape index (κ1) is 15.8. The molecule has 0 fully saturated rings. The fourth-order valence-corrected chi connectivity index (χ4v) is 2.49. The van der Waals surface area contributed by atoms with E-state index in [1.807, 2.05) is 26.8 Å². The van der Waals surface area contributed by atoms with E-state index in [2.05, 4.69) is 16.6 Å². The van der Waals surface area contributed by atoms with Crippen molar-refractivity contribution in [2.45, 2.75) is 51.3 Å². The molecule has 1 unspecified atom stereocenters. The third-order valence-electron chi connectivity index (χ3n) is 2.48. The zero-order valence-corrected chi connectivity index (χ0v) is 12.9. The van der Waals surface area contributed by atoms with Crippen LogP contribution < -0.4 is 4.72 Å². The molecule has 1 N–H and O–H groups in total. The number of aromatic nitrogens is 1. The van der Waals surface area contributed by atoms with E-state index in [1.54, 1.807) is 12.3 Å². The molecule has 1 heterocycles. The third kappa shape index (κ3) is 4.76. The quantitative estimate of drug-likeness (QED) is 0.842. The first-order valence-corrected chi connectivity index (χ1v) is 7.67. The van der Waals surface area contributed by atoms with Gasteiger partial charge in [-0.2, -0.15) is 0 Å². The number of pyridine rings is 1. The number of nitrogens with zero attached hydrogens (tertiary/aromatic N) is 1. The molecule has 0 aliphatic rings. The van der Waals surface area contributed by atoms with Gasteiger partial charge in [0.05, 0.1) is 11.7 Å². The van der Waals surface area contributed by atoms with Crippen molar-refractivity contribution in [1.82, 2.24) is 9.71 Å². The Morgan fingerprint density at radius 2 is 2.17 bits per heavy atom. The van der Waals surface area contributed by atoms with E-state index in [1.165, 1.54) is 0 Å². The largest absolute Gasteiger partial charge is 0.598 e. The van der Waals surface area contributed by atoms with Crippen LogP contribution in [0, 0.1) is 0 Å². The summed E-state index contributed by atoms with van der Waals surface area (Å²) < 4.78 is 15.0. The predicted octanol–water partition coefficient (Wildman–Crippen LogP) is 3.63. The van der Waals surface area contributed by atoms with Crippen LogP contribution in [0.3, 0.4) is 0 Å². The summed E-state index contributed by atoms with van der Waals surface area (Å²) in [5.41, 5.74) is 0.849. The van der Waals surface area contributed by atoms with Gasteiger partial charge in [-0.25, -0.2) is 0 Å². The molecule has 0 aliphatic heterocycles. The van der Waals surface area contributed by atoms with Gasteiger partial charge in [0.25, 0.3) is 0 Å². The lowest BCUT2D eigenvalue weighted by Crippen LogP contribution is -2.41. The smallest absolute Gasteiger partial charge is 0.136 e. The molecule has 18 heavy (non-hydrogen) atoms. The van der Waals surface area contributed by atoms with Crippen molar-refractivity contribution in [3.63, 3.8) is 0 Å².